The van der Waals surface area contributed by atoms with Crippen molar-refractivity contribution < 1.29 is 82.0 Å². The molecule has 8 nitrogen and oxygen atoms in total. The van der Waals surface area contributed by atoms with E-state index in [1.54, 1.807) is 0 Å². The lowest BCUT2D eigenvalue weighted by molar-refractivity contribution is -0.0199. The van der Waals surface area contributed by atoms with E-state index < -0.39 is 128 Å². The summed E-state index contributed by atoms with van der Waals surface area (Å²) in [7, 11) is 0. The maximum absolute atomic E-state index is 15.2. The molecular weight excluding hydrogens is 582 g/mol. The lowest BCUT2D eigenvalue weighted by atomic mass is 10.0. The summed E-state index contributed by atoms with van der Waals surface area (Å²) in [6.07, 6.45) is -4.04. The second-order valence-electron chi connectivity index (χ2n) is 7.83. The molecule has 0 saturated carbocycles. The molecular formula is C22H2F10O8. The summed E-state index contributed by atoms with van der Waals surface area (Å²) in [6.45, 7) is 0. The molecule has 2 aromatic carbocycles. The van der Waals surface area contributed by atoms with E-state index in [4.69, 9.17) is 0 Å². The Morgan fingerprint density at radius 1 is 0.600 bits per heavy atom. The number of hydrogen-bond acceptors (Lipinski definition) is 8. The lowest BCUT2D eigenvalue weighted by Gasteiger charge is -2.29. The van der Waals surface area contributed by atoms with E-state index in [-0.39, 0.29) is 0 Å². The number of hydrogen-bond donors (Lipinski definition) is 0. The Bertz CT molecular complexity index is 1700. The van der Waals surface area contributed by atoms with Gasteiger partial charge in [0, 0.05) is 6.08 Å². The Morgan fingerprint density at radius 2 is 1.00 bits per heavy atom. The first-order valence-corrected chi connectivity index (χ1v) is 10.0. The van der Waals surface area contributed by atoms with E-state index in [0.717, 1.165) is 0 Å². The van der Waals surface area contributed by atoms with Crippen molar-refractivity contribution in [2.75, 3.05) is 0 Å². The average molecular weight is 584 g/mol. The normalized spacial score (nSPS) is 21.8. The van der Waals surface area contributed by atoms with Crippen LogP contribution in [0.25, 0.3) is 0 Å². The van der Waals surface area contributed by atoms with Crippen molar-refractivity contribution in [3.05, 3.63) is 80.7 Å². The minimum absolute atomic E-state index is 0.749. The van der Waals surface area contributed by atoms with Gasteiger partial charge in [0.2, 0.25) is 23.6 Å². The second kappa shape index (κ2) is 8.55. The summed E-state index contributed by atoms with van der Waals surface area (Å²) in [6, 6.07) is 0. The van der Waals surface area contributed by atoms with Gasteiger partial charge in [-0.1, -0.05) is 0 Å². The quantitative estimate of drug-likeness (QED) is 0.222. The predicted molar refractivity (Wildman–Crippen MR) is 99.4 cm³/mol. The standard InChI is InChI=1S/C22H2F10O8/c23-2-1-22(32,40-16-10(27)6-4(8(25)12(16)29)19(34)39-21(6)36)17(31)13(30)14(2)37-15-9(26)5-3(7(24)11(15)28)18(33)38-20(5)35/h1,14H. The van der Waals surface area contributed by atoms with Gasteiger partial charge in [-0.3, -0.25) is 0 Å². The molecule has 5 rings (SSSR count). The zero-order chi connectivity index (χ0) is 29.6. The highest BCUT2D eigenvalue weighted by Crippen LogP contribution is 2.45. The number of benzene rings is 2. The van der Waals surface area contributed by atoms with Crippen LogP contribution in [0.5, 0.6) is 11.5 Å². The van der Waals surface area contributed by atoms with Crippen molar-refractivity contribution in [1.82, 2.24) is 0 Å². The third-order valence-electron chi connectivity index (χ3n) is 5.55. The number of halogens is 10. The molecule has 1 aliphatic carbocycles. The molecule has 2 unspecified atom stereocenters. The highest BCUT2D eigenvalue weighted by atomic mass is 19.2. The zero-order valence-corrected chi connectivity index (χ0v) is 18.2. The predicted octanol–water partition coefficient (Wildman–Crippen LogP) is 4.65. The number of cyclic esters (lactones) is 4. The number of fused-ring (bicyclic) bond motifs is 2. The van der Waals surface area contributed by atoms with Gasteiger partial charge in [0.05, 0.1) is 0 Å². The van der Waals surface area contributed by atoms with Gasteiger partial charge in [-0.25, -0.2) is 49.9 Å². The van der Waals surface area contributed by atoms with Gasteiger partial charge in [0.15, 0.2) is 46.4 Å². The molecule has 2 aromatic rings. The highest BCUT2D eigenvalue weighted by molar-refractivity contribution is 6.16. The number of carbonyl (C=O) groups is 4. The van der Waals surface area contributed by atoms with Crippen molar-refractivity contribution in [1.29, 1.82) is 0 Å². The summed E-state index contributed by atoms with van der Waals surface area (Å²) >= 11 is 0. The van der Waals surface area contributed by atoms with Gasteiger partial charge in [0.1, 0.15) is 22.3 Å². The second-order valence-corrected chi connectivity index (χ2v) is 7.83. The molecule has 2 atom stereocenters. The third kappa shape index (κ3) is 3.47. The van der Waals surface area contributed by atoms with Crippen LogP contribution in [-0.2, 0) is 9.47 Å². The number of rotatable bonds is 4. The van der Waals surface area contributed by atoms with E-state index >= 15 is 4.39 Å². The topological polar surface area (TPSA) is 105 Å². The fourth-order valence-electron chi connectivity index (χ4n) is 3.77. The van der Waals surface area contributed by atoms with Crippen LogP contribution in [0.15, 0.2) is 23.6 Å². The first kappa shape index (κ1) is 26.7. The maximum Gasteiger partial charge on any atom is 0.350 e. The molecule has 0 bridgehead atoms. The van der Waals surface area contributed by atoms with Crippen molar-refractivity contribution in [2.24, 2.45) is 0 Å². The van der Waals surface area contributed by atoms with Gasteiger partial charge < -0.3 is 18.9 Å². The molecule has 40 heavy (non-hydrogen) atoms. The lowest BCUT2D eigenvalue weighted by Crippen LogP contribution is -2.38. The molecule has 0 N–H and O–H groups in total. The van der Waals surface area contributed by atoms with Gasteiger partial charge in [-0.05, 0) is 0 Å². The monoisotopic (exact) mass is 584 g/mol. The molecule has 3 aliphatic rings. The van der Waals surface area contributed by atoms with E-state index in [2.05, 4.69) is 18.9 Å². The molecule has 18 heteroatoms. The van der Waals surface area contributed by atoms with Crippen molar-refractivity contribution in [3.8, 4) is 11.5 Å². The summed E-state index contributed by atoms with van der Waals surface area (Å²) in [5.41, 5.74) is -6.32. The third-order valence-corrected chi connectivity index (χ3v) is 5.55. The number of alkyl halides is 1. The molecule has 2 aliphatic heterocycles. The number of esters is 4. The average Bonchev–Trinajstić information content (AvgIpc) is 3.35. The number of ether oxygens (including phenoxy) is 4. The highest BCUT2D eigenvalue weighted by Gasteiger charge is 2.51. The smallest absolute Gasteiger partial charge is 0.350 e. The minimum atomic E-state index is -4.70. The van der Waals surface area contributed by atoms with Crippen LogP contribution in [0.3, 0.4) is 0 Å². The summed E-state index contributed by atoms with van der Waals surface area (Å²) in [5, 5.41) is 0. The Kier molecular flexibility index (Phi) is 5.71. The minimum Gasteiger partial charge on any atom is -0.470 e. The largest absolute Gasteiger partial charge is 0.470 e. The fraction of sp³-hybridized carbons (Fsp3) is 0.0909. The van der Waals surface area contributed by atoms with E-state index in [1.165, 1.54) is 0 Å². The van der Waals surface area contributed by atoms with Crippen LogP contribution in [0.1, 0.15) is 41.4 Å². The molecule has 0 aromatic heterocycles. The van der Waals surface area contributed by atoms with Gasteiger partial charge in [-0.2, -0.15) is 13.2 Å². The van der Waals surface area contributed by atoms with Crippen LogP contribution in [0.4, 0.5) is 43.9 Å². The molecule has 0 radical (unpaired) electrons. The molecule has 0 saturated heterocycles. The van der Waals surface area contributed by atoms with E-state index in [0.29, 0.717) is 0 Å². The first-order chi connectivity index (χ1) is 18.6. The van der Waals surface area contributed by atoms with Crippen molar-refractivity contribution in [3.63, 3.8) is 0 Å². The van der Waals surface area contributed by atoms with Gasteiger partial charge in [-0.15, -0.1) is 0 Å². The molecule has 0 amide bonds. The summed E-state index contributed by atoms with van der Waals surface area (Å²) in [5.74, 6) is -38.9. The van der Waals surface area contributed by atoms with Crippen LogP contribution >= 0.6 is 0 Å². The zero-order valence-electron chi connectivity index (χ0n) is 18.2. The van der Waals surface area contributed by atoms with E-state index in [9.17, 15) is 58.7 Å². The summed E-state index contributed by atoms with van der Waals surface area (Å²) < 4.78 is 162. The van der Waals surface area contributed by atoms with Crippen LogP contribution in [0.2, 0.25) is 0 Å². The first-order valence-electron chi connectivity index (χ1n) is 10.0. The van der Waals surface area contributed by atoms with Crippen molar-refractivity contribution >= 4 is 23.9 Å². The Hall–Kier alpha value is -4.90. The Morgan fingerprint density at radius 3 is 1.48 bits per heavy atom. The van der Waals surface area contributed by atoms with Gasteiger partial charge >= 0.3 is 29.7 Å². The van der Waals surface area contributed by atoms with Crippen molar-refractivity contribution in [2.45, 2.75) is 12.0 Å². The fourth-order valence-corrected chi connectivity index (χ4v) is 3.77. The van der Waals surface area contributed by atoms with Gasteiger partial charge in [0.25, 0.3) is 0 Å². The molecule has 0 fully saturated rings. The maximum atomic E-state index is 15.2. The Balaban J connectivity index is 1.55. The van der Waals surface area contributed by atoms with Crippen LogP contribution < -0.4 is 9.47 Å². The molecule has 0 spiro atoms. The van der Waals surface area contributed by atoms with Crippen LogP contribution in [0, 0.1) is 34.9 Å². The summed E-state index contributed by atoms with van der Waals surface area (Å²) in [4.78, 5) is 46.0. The van der Waals surface area contributed by atoms with Crippen LogP contribution in [-0.4, -0.2) is 35.8 Å². The SMILES string of the molecule is O=C1OC(=O)c2c(F)c(OC3C(F)=CC(F)(Oc4c(F)c(F)c5c(c4F)C(=O)OC5=O)C(F)=C3F)c(F)c(F)c21. The number of carbonyl (C=O) groups excluding carboxylic acids is 4. The van der Waals surface area contributed by atoms with E-state index in [1.807, 2.05) is 0 Å². The Labute approximate surface area is 210 Å². The molecule has 2 heterocycles. The molecule has 208 valence electrons.